The molecule has 0 unspecified atom stereocenters. The summed E-state index contributed by atoms with van der Waals surface area (Å²) in [6, 6.07) is 9.08. The van der Waals surface area contributed by atoms with Gasteiger partial charge < -0.3 is 8.98 Å². The summed E-state index contributed by atoms with van der Waals surface area (Å²) in [5.41, 5.74) is 0.654. The summed E-state index contributed by atoms with van der Waals surface area (Å²) in [5, 5.41) is 3.28. The van der Waals surface area contributed by atoms with Crippen LogP contribution in [0.25, 0.3) is 83.6 Å². The first kappa shape index (κ1) is 14.4. The molecular formula is C39H24N4O. The fourth-order valence-electron chi connectivity index (χ4n) is 5.39. The van der Waals surface area contributed by atoms with E-state index in [0.717, 1.165) is 21.5 Å². The normalized spacial score (nSPS) is 16.1. The highest BCUT2D eigenvalue weighted by molar-refractivity contribution is 6.17. The minimum absolute atomic E-state index is 0.119. The molecule has 5 nitrogen and oxygen atoms in total. The fraction of sp³-hybridized carbons (Fsp3) is 0. The third kappa shape index (κ3) is 3.91. The van der Waals surface area contributed by atoms with Crippen LogP contribution in [-0.2, 0) is 0 Å². The van der Waals surface area contributed by atoms with Gasteiger partial charge in [0, 0.05) is 50.0 Å². The second-order valence-electron chi connectivity index (χ2n) is 9.85. The number of para-hydroxylation sites is 2. The molecule has 206 valence electrons. The van der Waals surface area contributed by atoms with Crippen LogP contribution in [0.2, 0.25) is 0 Å². The molecule has 0 aliphatic carbocycles. The highest BCUT2D eigenvalue weighted by Gasteiger charge is 2.17. The average Bonchev–Trinajstić information content (AvgIpc) is 3.74. The second kappa shape index (κ2) is 9.75. The Morgan fingerprint density at radius 3 is 1.70 bits per heavy atom. The number of rotatable bonds is 4. The summed E-state index contributed by atoms with van der Waals surface area (Å²) < 4.78 is 129. The van der Waals surface area contributed by atoms with Crippen molar-refractivity contribution in [3.63, 3.8) is 0 Å². The predicted molar refractivity (Wildman–Crippen MR) is 178 cm³/mol. The Labute approximate surface area is 272 Å². The van der Waals surface area contributed by atoms with E-state index in [1.807, 2.05) is 42.5 Å². The van der Waals surface area contributed by atoms with Gasteiger partial charge in [-0.25, -0.2) is 15.0 Å². The van der Waals surface area contributed by atoms with E-state index < -0.39 is 119 Å². The Morgan fingerprint density at radius 1 is 0.477 bits per heavy atom. The predicted octanol–water partition coefficient (Wildman–Crippen LogP) is 9.87. The number of fused-ring (bicyclic) bond motifs is 6. The van der Waals surface area contributed by atoms with Crippen LogP contribution in [0, 0.1) is 0 Å². The molecule has 0 spiro atoms. The molecule has 3 aromatic heterocycles. The zero-order chi connectivity index (χ0) is 41.2. The van der Waals surface area contributed by atoms with Crippen molar-refractivity contribution in [3.05, 3.63) is 145 Å². The van der Waals surface area contributed by atoms with Crippen LogP contribution in [0.4, 0.5) is 0 Å². The number of hydrogen-bond donors (Lipinski definition) is 0. The molecule has 0 aliphatic heterocycles. The molecule has 0 amide bonds. The molecule has 0 saturated heterocycles. The lowest BCUT2D eigenvalue weighted by atomic mass is 10.1. The number of furan rings is 1. The molecule has 9 aromatic rings. The third-order valence-corrected chi connectivity index (χ3v) is 7.31. The van der Waals surface area contributed by atoms with Crippen molar-refractivity contribution in [2.45, 2.75) is 0 Å². The summed E-state index contributed by atoms with van der Waals surface area (Å²) in [5.74, 6) is -1.77. The van der Waals surface area contributed by atoms with Gasteiger partial charge in [0.2, 0.25) is 0 Å². The van der Waals surface area contributed by atoms with E-state index in [1.54, 1.807) is 22.8 Å². The Balaban J connectivity index is 1.35. The first-order chi connectivity index (χ1) is 27.6. The number of nitrogens with zero attached hydrogens (tertiary/aromatic N) is 4. The van der Waals surface area contributed by atoms with Crippen LogP contribution in [-0.4, -0.2) is 19.5 Å². The number of hydrogen-bond acceptors (Lipinski definition) is 4. The molecule has 0 saturated carbocycles. The summed E-state index contributed by atoms with van der Waals surface area (Å²) in [6.45, 7) is 0. The second-order valence-corrected chi connectivity index (χ2v) is 9.85. The monoisotopic (exact) mass is 578 g/mol. The molecule has 0 aliphatic rings. The van der Waals surface area contributed by atoms with E-state index in [2.05, 4.69) is 15.0 Å². The zero-order valence-electron chi connectivity index (χ0n) is 36.5. The Kier molecular flexibility index (Phi) is 3.19. The highest BCUT2D eigenvalue weighted by atomic mass is 16.3. The van der Waals surface area contributed by atoms with Crippen LogP contribution in [0.3, 0.4) is 0 Å². The van der Waals surface area contributed by atoms with Gasteiger partial charge in [-0.1, -0.05) is 96.8 Å². The fourth-order valence-corrected chi connectivity index (χ4v) is 5.39. The lowest BCUT2D eigenvalue weighted by molar-refractivity contribution is 0.669. The minimum Gasteiger partial charge on any atom is -0.456 e. The number of benzene rings is 6. The molecule has 44 heavy (non-hydrogen) atoms. The molecule has 6 aromatic carbocycles. The first-order valence-electron chi connectivity index (χ1n) is 20.5. The molecule has 5 heteroatoms. The molecule has 0 bridgehead atoms. The van der Waals surface area contributed by atoms with Crippen molar-refractivity contribution < 1.29 is 23.6 Å². The molecule has 0 N–H and O–H groups in total. The van der Waals surface area contributed by atoms with Crippen molar-refractivity contribution in [2.75, 3.05) is 0 Å². The Bertz CT molecular complexity index is 3130. The summed E-state index contributed by atoms with van der Waals surface area (Å²) in [4.78, 5) is 12.9. The van der Waals surface area contributed by atoms with Crippen LogP contribution in [0.5, 0.6) is 0 Å². The van der Waals surface area contributed by atoms with Crippen molar-refractivity contribution in [3.8, 4) is 39.9 Å². The maximum atomic E-state index is 9.37. The third-order valence-electron chi connectivity index (χ3n) is 7.31. The van der Waals surface area contributed by atoms with Gasteiger partial charge in [-0.2, -0.15) is 0 Å². The van der Waals surface area contributed by atoms with Crippen molar-refractivity contribution in [2.24, 2.45) is 0 Å². The van der Waals surface area contributed by atoms with E-state index in [0.29, 0.717) is 22.2 Å². The molecule has 9 rings (SSSR count). The Morgan fingerprint density at radius 2 is 1.05 bits per heavy atom. The van der Waals surface area contributed by atoms with Crippen molar-refractivity contribution >= 4 is 43.7 Å². The van der Waals surface area contributed by atoms with Gasteiger partial charge in [0.1, 0.15) is 11.2 Å². The average molecular weight is 579 g/mol. The molecule has 0 radical (unpaired) electrons. The highest BCUT2D eigenvalue weighted by Crippen LogP contribution is 2.38. The minimum atomic E-state index is -0.734. The standard InChI is InChI=1S/C39H24N4O/c1-3-11-25(12-4-1)37-40-38(26-13-5-2-6-14-26)42-39(41-37)27-19-21-28(22-20-27)43-33-17-9-7-15-29(33)31-23-32-30-16-8-10-18-35(30)44-36(32)24-34(31)43/h1-24H/i1D,2D,3D,4D,5D,6D,11D,12D,13D,14D,19D,20D,21D,22D. The lowest BCUT2D eigenvalue weighted by Crippen LogP contribution is -2.00. The van der Waals surface area contributed by atoms with E-state index in [9.17, 15) is 5.48 Å². The maximum absolute atomic E-state index is 9.37. The SMILES string of the molecule is [2H]c1c([2H])c([2H])c(-c2nc(-c3c([2H])c([2H])c([2H])c([2H])c3[2H])nc(-c3c([2H])c([2H])c(-n4c5ccccc5c5cc6c(cc54)oc4ccccc46)c([2H])c3[2H])n2)c([2H])c1[2H]. The topological polar surface area (TPSA) is 56.7 Å². The summed E-state index contributed by atoms with van der Waals surface area (Å²) in [7, 11) is 0. The van der Waals surface area contributed by atoms with Gasteiger partial charge in [-0.05, 0) is 42.4 Å². The lowest BCUT2D eigenvalue weighted by Gasteiger charge is -2.10. The zero-order valence-corrected chi connectivity index (χ0v) is 22.5. The van der Waals surface area contributed by atoms with Gasteiger partial charge in [-0.3, -0.25) is 0 Å². The Hall–Kier alpha value is -6.07. The summed E-state index contributed by atoms with van der Waals surface area (Å²) in [6.07, 6.45) is 0. The van der Waals surface area contributed by atoms with Crippen LogP contribution in [0.1, 0.15) is 19.2 Å². The van der Waals surface area contributed by atoms with Gasteiger partial charge >= 0.3 is 0 Å². The van der Waals surface area contributed by atoms with Gasteiger partial charge in [-0.15, -0.1) is 0 Å². The van der Waals surface area contributed by atoms with E-state index in [1.165, 1.54) is 0 Å². The largest absolute Gasteiger partial charge is 0.456 e. The quantitative estimate of drug-likeness (QED) is 0.209. The van der Waals surface area contributed by atoms with Crippen LogP contribution < -0.4 is 0 Å². The molecular weight excluding hydrogens is 540 g/mol. The molecule has 0 atom stereocenters. The van der Waals surface area contributed by atoms with E-state index >= 15 is 0 Å². The van der Waals surface area contributed by atoms with Crippen LogP contribution >= 0.6 is 0 Å². The maximum Gasteiger partial charge on any atom is 0.164 e. The first-order valence-corrected chi connectivity index (χ1v) is 13.5. The number of aromatic nitrogens is 4. The van der Waals surface area contributed by atoms with Gasteiger partial charge in [0.05, 0.1) is 30.2 Å². The van der Waals surface area contributed by atoms with Gasteiger partial charge in [0.15, 0.2) is 17.5 Å². The smallest absolute Gasteiger partial charge is 0.164 e. The summed E-state index contributed by atoms with van der Waals surface area (Å²) >= 11 is 0. The van der Waals surface area contributed by atoms with Crippen molar-refractivity contribution in [1.82, 2.24) is 19.5 Å². The van der Waals surface area contributed by atoms with Crippen LogP contribution in [0.15, 0.2) is 150 Å². The van der Waals surface area contributed by atoms with Gasteiger partial charge in [0.25, 0.3) is 0 Å². The van der Waals surface area contributed by atoms with Crippen molar-refractivity contribution in [1.29, 1.82) is 0 Å². The van der Waals surface area contributed by atoms with E-state index in [-0.39, 0.29) is 5.69 Å². The van der Waals surface area contributed by atoms with E-state index in [4.69, 9.17) is 18.1 Å². The molecule has 0 fully saturated rings. The molecule has 3 heterocycles.